The second kappa shape index (κ2) is 6.38. The number of hydrogen-bond acceptors (Lipinski definition) is 3. The third kappa shape index (κ3) is 4.40. The molecule has 0 bridgehead atoms. The van der Waals surface area contributed by atoms with Crippen LogP contribution in [0.3, 0.4) is 0 Å². The maximum atomic E-state index is 9.31. The number of aliphatic hydroxyl groups is 1. The molecule has 1 aliphatic rings. The zero-order valence-electron chi connectivity index (χ0n) is 9.41. The lowest BCUT2D eigenvalue weighted by Crippen LogP contribution is -2.24. The minimum Gasteiger partial charge on any atom is -0.392 e. The molecule has 0 spiro atoms. The fourth-order valence-corrected chi connectivity index (χ4v) is 1.71. The zero-order chi connectivity index (χ0) is 10.4. The first-order valence-electron chi connectivity index (χ1n) is 5.74. The Balaban J connectivity index is 1.94. The Labute approximate surface area is 87.1 Å². The van der Waals surface area contributed by atoms with Gasteiger partial charge in [-0.1, -0.05) is 6.92 Å². The molecule has 1 N–H and O–H groups in total. The van der Waals surface area contributed by atoms with Gasteiger partial charge in [-0.15, -0.1) is 0 Å². The number of rotatable bonds is 6. The number of likely N-dealkylation sites (tertiary alicyclic amines) is 1. The highest BCUT2D eigenvalue weighted by Gasteiger charge is 2.18. The van der Waals surface area contributed by atoms with E-state index >= 15 is 0 Å². The summed E-state index contributed by atoms with van der Waals surface area (Å²) >= 11 is 0. The Bertz CT molecular complexity index is 152. The van der Waals surface area contributed by atoms with Gasteiger partial charge in [-0.2, -0.15) is 0 Å². The van der Waals surface area contributed by atoms with E-state index in [0.717, 1.165) is 45.5 Å². The number of aliphatic hydroxyl groups excluding tert-OH is 1. The van der Waals surface area contributed by atoms with Crippen LogP contribution < -0.4 is 0 Å². The van der Waals surface area contributed by atoms with Crippen molar-refractivity contribution in [2.75, 3.05) is 26.2 Å². The van der Waals surface area contributed by atoms with Crippen molar-refractivity contribution in [1.29, 1.82) is 0 Å². The molecular weight excluding hydrogens is 178 g/mol. The first-order valence-corrected chi connectivity index (χ1v) is 5.74. The molecule has 3 nitrogen and oxygen atoms in total. The minimum atomic E-state index is -0.0921. The first kappa shape index (κ1) is 12.0. The summed E-state index contributed by atoms with van der Waals surface area (Å²) in [4.78, 5) is 2.31. The van der Waals surface area contributed by atoms with Crippen molar-refractivity contribution in [3.05, 3.63) is 0 Å². The maximum Gasteiger partial charge on any atom is 0.0679 e. The predicted molar refractivity (Wildman–Crippen MR) is 57.4 cm³/mol. The smallest absolute Gasteiger partial charge is 0.0679 e. The lowest BCUT2D eigenvalue weighted by atomic mass is 10.3. The molecule has 1 saturated heterocycles. The van der Waals surface area contributed by atoms with Crippen LogP contribution in [0.25, 0.3) is 0 Å². The van der Waals surface area contributed by atoms with Crippen LogP contribution in [0.4, 0.5) is 0 Å². The largest absolute Gasteiger partial charge is 0.392 e. The van der Waals surface area contributed by atoms with Crippen LogP contribution in [-0.4, -0.2) is 48.5 Å². The summed E-state index contributed by atoms with van der Waals surface area (Å²) in [6.45, 7) is 8.06. The van der Waals surface area contributed by atoms with Gasteiger partial charge in [-0.3, -0.25) is 0 Å². The Morgan fingerprint density at radius 1 is 1.57 bits per heavy atom. The fraction of sp³-hybridized carbons (Fsp3) is 1.00. The van der Waals surface area contributed by atoms with E-state index in [-0.39, 0.29) is 6.10 Å². The molecule has 1 heterocycles. The average Bonchev–Trinajstić information content (AvgIpc) is 2.58. The summed E-state index contributed by atoms with van der Waals surface area (Å²) in [7, 11) is 0. The first-order chi connectivity index (χ1) is 6.72. The van der Waals surface area contributed by atoms with Crippen molar-refractivity contribution in [3.8, 4) is 0 Å². The quantitative estimate of drug-likeness (QED) is 0.657. The lowest BCUT2D eigenvalue weighted by molar-refractivity contribution is 0.0569. The van der Waals surface area contributed by atoms with Crippen molar-refractivity contribution in [3.63, 3.8) is 0 Å². The minimum absolute atomic E-state index is 0.0921. The van der Waals surface area contributed by atoms with E-state index < -0.39 is 0 Å². The molecule has 0 aliphatic carbocycles. The van der Waals surface area contributed by atoms with E-state index in [1.165, 1.54) is 0 Å². The third-order valence-corrected chi connectivity index (χ3v) is 2.84. The van der Waals surface area contributed by atoms with Crippen LogP contribution in [0.5, 0.6) is 0 Å². The van der Waals surface area contributed by atoms with Crippen LogP contribution in [0.1, 0.15) is 33.1 Å². The summed E-state index contributed by atoms with van der Waals surface area (Å²) in [5.74, 6) is 0. The molecule has 2 atom stereocenters. The van der Waals surface area contributed by atoms with Crippen molar-refractivity contribution < 1.29 is 9.84 Å². The summed E-state index contributed by atoms with van der Waals surface area (Å²) in [6.07, 6.45) is 3.40. The van der Waals surface area contributed by atoms with Gasteiger partial charge < -0.3 is 14.7 Å². The summed E-state index contributed by atoms with van der Waals surface area (Å²) in [5.41, 5.74) is 0. The van der Waals surface area contributed by atoms with Crippen molar-refractivity contribution in [1.82, 2.24) is 4.90 Å². The zero-order valence-corrected chi connectivity index (χ0v) is 9.41. The molecule has 0 radical (unpaired) electrons. The maximum absolute atomic E-state index is 9.31. The monoisotopic (exact) mass is 201 g/mol. The van der Waals surface area contributed by atoms with Gasteiger partial charge in [0, 0.05) is 26.2 Å². The highest BCUT2D eigenvalue weighted by atomic mass is 16.5. The number of ether oxygens (including phenoxy) is 1. The van der Waals surface area contributed by atoms with E-state index in [0.29, 0.717) is 6.10 Å². The van der Waals surface area contributed by atoms with Crippen molar-refractivity contribution in [2.45, 2.75) is 45.3 Å². The molecule has 0 amide bonds. The predicted octanol–water partition coefficient (Wildman–Crippen LogP) is 1.26. The average molecular weight is 201 g/mol. The molecular formula is C11H23NO2. The highest BCUT2D eigenvalue weighted by molar-refractivity contribution is 4.73. The molecule has 0 aromatic rings. The van der Waals surface area contributed by atoms with Gasteiger partial charge in [0.15, 0.2) is 0 Å². The van der Waals surface area contributed by atoms with E-state index in [1.54, 1.807) is 0 Å². The molecule has 1 unspecified atom stereocenters. The Morgan fingerprint density at radius 2 is 2.36 bits per heavy atom. The van der Waals surface area contributed by atoms with Gasteiger partial charge in [0.2, 0.25) is 0 Å². The molecule has 14 heavy (non-hydrogen) atoms. The Kier molecular flexibility index (Phi) is 5.45. The molecule has 1 rings (SSSR count). The summed E-state index contributed by atoms with van der Waals surface area (Å²) in [5, 5.41) is 9.31. The van der Waals surface area contributed by atoms with Crippen molar-refractivity contribution in [2.24, 2.45) is 0 Å². The van der Waals surface area contributed by atoms with Gasteiger partial charge >= 0.3 is 0 Å². The van der Waals surface area contributed by atoms with Gasteiger partial charge in [-0.25, -0.2) is 0 Å². The molecule has 0 aromatic carbocycles. The van der Waals surface area contributed by atoms with Crippen LogP contribution >= 0.6 is 0 Å². The van der Waals surface area contributed by atoms with Gasteiger partial charge in [-0.05, 0) is 26.2 Å². The summed E-state index contributed by atoms with van der Waals surface area (Å²) < 4.78 is 5.59. The second-order valence-electron chi connectivity index (χ2n) is 4.19. The van der Waals surface area contributed by atoms with Gasteiger partial charge in [0.05, 0.1) is 12.2 Å². The highest BCUT2D eigenvalue weighted by Crippen LogP contribution is 2.08. The summed E-state index contributed by atoms with van der Waals surface area (Å²) in [6, 6.07) is 0. The van der Waals surface area contributed by atoms with Gasteiger partial charge in [0.1, 0.15) is 0 Å². The third-order valence-electron chi connectivity index (χ3n) is 2.84. The normalized spacial score (nSPS) is 25.5. The molecule has 3 heteroatoms. The second-order valence-corrected chi connectivity index (χ2v) is 4.19. The Morgan fingerprint density at radius 3 is 2.93 bits per heavy atom. The standard InChI is InChI=1S/C11H23NO2/c1-3-10(2)14-8-4-6-12-7-5-11(13)9-12/h10-11,13H,3-9H2,1-2H3/t10?,11-/m1/s1. The van der Waals surface area contributed by atoms with Crippen LogP contribution in [-0.2, 0) is 4.74 Å². The number of β-amino-alcohol motifs (C(OH)–C–C–N with tert-alkyl or cyclic N) is 1. The van der Waals surface area contributed by atoms with Crippen LogP contribution in [0.15, 0.2) is 0 Å². The lowest BCUT2D eigenvalue weighted by Gasteiger charge is -2.15. The molecule has 0 aromatic heterocycles. The fourth-order valence-electron chi connectivity index (χ4n) is 1.71. The molecule has 1 fully saturated rings. The van der Waals surface area contributed by atoms with E-state index in [1.807, 2.05) is 0 Å². The van der Waals surface area contributed by atoms with E-state index in [9.17, 15) is 5.11 Å². The number of nitrogens with zero attached hydrogens (tertiary/aromatic N) is 1. The SMILES string of the molecule is CCC(C)OCCCN1CC[C@@H](O)C1. The molecule has 0 saturated carbocycles. The van der Waals surface area contributed by atoms with Crippen molar-refractivity contribution >= 4 is 0 Å². The van der Waals surface area contributed by atoms with E-state index in [4.69, 9.17) is 4.74 Å². The molecule has 84 valence electrons. The van der Waals surface area contributed by atoms with E-state index in [2.05, 4.69) is 18.7 Å². The molecule has 1 aliphatic heterocycles. The van der Waals surface area contributed by atoms with Crippen LogP contribution in [0, 0.1) is 0 Å². The van der Waals surface area contributed by atoms with Gasteiger partial charge in [0.25, 0.3) is 0 Å². The number of hydrogen-bond donors (Lipinski definition) is 1. The Hall–Kier alpha value is -0.120. The topological polar surface area (TPSA) is 32.7 Å². The van der Waals surface area contributed by atoms with Crippen LogP contribution in [0.2, 0.25) is 0 Å².